The highest BCUT2D eigenvalue weighted by atomic mass is 32.1. The largest absolute Gasteiger partial charge is 0.488 e. The number of rotatable bonds is 6. The Balaban J connectivity index is 2.34. The summed E-state index contributed by atoms with van der Waals surface area (Å²) >= 11 is 4.22. The first-order chi connectivity index (χ1) is 12.3. The van der Waals surface area contributed by atoms with E-state index in [0.29, 0.717) is 16.9 Å². The summed E-state index contributed by atoms with van der Waals surface area (Å²) in [6.07, 6.45) is -4.34. The van der Waals surface area contributed by atoms with Crippen LogP contribution in [-0.4, -0.2) is 5.97 Å². The Kier molecular flexibility index (Phi) is 6.58. The highest BCUT2D eigenvalue weighted by molar-refractivity contribution is 7.79. The summed E-state index contributed by atoms with van der Waals surface area (Å²) in [5, 5.41) is 0. The number of carbonyl (C=O) groups excluding carboxylic acids is 1. The van der Waals surface area contributed by atoms with Crippen molar-refractivity contribution in [2.24, 2.45) is 0 Å². The maximum Gasteiger partial charge on any atom is 0.419 e. The SMILES string of the molecule is CCC(=O)Oc1cccc(CS)c1COc1ccc(C)cc1C(F)(F)F. The summed E-state index contributed by atoms with van der Waals surface area (Å²) in [6.45, 7) is 3.07. The fraction of sp³-hybridized carbons (Fsp3) is 0.316. The summed E-state index contributed by atoms with van der Waals surface area (Å²) < 4.78 is 50.4. The van der Waals surface area contributed by atoms with Crippen LogP contribution in [0.1, 0.15) is 35.6 Å². The molecule has 0 amide bonds. The van der Waals surface area contributed by atoms with Crippen molar-refractivity contribution in [3.63, 3.8) is 0 Å². The average Bonchev–Trinajstić information content (AvgIpc) is 2.60. The van der Waals surface area contributed by atoms with Crippen LogP contribution in [0, 0.1) is 6.92 Å². The molecule has 7 heteroatoms. The first kappa shape index (κ1) is 20.2. The normalized spacial score (nSPS) is 11.3. The summed E-state index contributed by atoms with van der Waals surface area (Å²) in [7, 11) is 0. The maximum absolute atomic E-state index is 13.2. The van der Waals surface area contributed by atoms with Crippen LogP contribution in [0.4, 0.5) is 13.2 Å². The molecule has 0 spiro atoms. The quantitative estimate of drug-likeness (QED) is 0.415. The smallest absolute Gasteiger partial charge is 0.419 e. The third-order valence-corrected chi connectivity index (χ3v) is 4.07. The number of hydrogen-bond donors (Lipinski definition) is 1. The number of aryl methyl sites for hydroxylation is 1. The van der Waals surface area contributed by atoms with Gasteiger partial charge in [-0.15, -0.1) is 0 Å². The summed E-state index contributed by atoms with van der Waals surface area (Å²) in [6, 6.07) is 8.91. The fourth-order valence-corrected chi connectivity index (χ4v) is 2.65. The van der Waals surface area contributed by atoms with E-state index in [-0.39, 0.29) is 24.5 Å². The van der Waals surface area contributed by atoms with Gasteiger partial charge in [-0.3, -0.25) is 4.79 Å². The lowest BCUT2D eigenvalue weighted by Crippen LogP contribution is -2.12. The first-order valence-corrected chi connectivity index (χ1v) is 8.62. The van der Waals surface area contributed by atoms with E-state index in [2.05, 4.69) is 12.6 Å². The van der Waals surface area contributed by atoms with Crippen molar-refractivity contribution < 1.29 is 27.4 Å². The average molecular weight is 384 g/mol. The topological polar surface area (TPSA) is 35.5 Å². The lowest BCUT2D eigenvalue weighted by molar-refractivity contribution is -0.139. The van der Waals surface area contributed by atoms with Crippen LogP contribution in [-0.2, 0) is 23.3 Å². The van der Waals surface area contributed by atoms with Crippen molar-refractivity contribution in [2.75, 3.05) is 0 Å². The number of thiol groups is 1. The third kappa shape index (κ3) is 4.94. The van der Waals surface area contributed by atoms with E-state index in [1.807, 2.05) is 0 Å². The van der Waals surface area contributed by atoms with Gasteiger partial charge in [0.2, 0.25) is 0 Å². The number of hydrogen-bond acceptors (Lipinski definition) is 4. The maximum atomic E-state index is 13.2. The number of halogens is 3. The van der Waals surface area contributed by atoms with Gasteiger partial charge in [0.15, 0.2) is 0 Å². The number of benzene rings is 2. The first-order valence-electron chi connectivity index (χ1n) is 7.99. The molecule has 2 aromatic rings. The minimum Gasteiger partial charge on any atom is -0.488 e. The minimum atomic E-state index is -4.53. The Morgan fingerprint density at radius 1 is 1.15 bits per heavy atom. The molecule has 0 atom stereocenters. The van der Waals surface area contributed by atoms with Crippen LogP contribution in [0.5, 0.6) is 11.5 Å². The van der Waals surface area contributed by atoms with E-state index in [4.69, 9.17) is 9.47 Å². The molecule has 0 bridgehead atoms. The Morgan fingerprint density at radius 3 is 2.50 bits per heavy atom. The number of ether oxygens (including phenoxy) is 2. The van der Waals surface area contributed by atoms with Crippen LogP contribution in [0.3, 0.4) is 0 Å². The highest BCUT2D eigenvalue weighted by Gasteiger charge is 2.34. The van der Waals surface area contributed by atoms with Crippen molar-refractivity contribution in [3.8, 4) is 11.5 Å². The molecule has 0 unspecified atom stereocenters. The van der Waals surface area contributed by atoms with E-state index in [1.54, 1.807) is 38.1 Å². The van der Waals surface area contributed by atoms with Gasteiger partial charge in [-0.2, -0.15) is 25.8 Å². The van der Waals surface area contributed by atoms with Gasteiger partial charge in [0, 0.05) is 17.7 Å². The van der Waals surface area contributed by atoms with Crippen LogP contribution < -0.4 is 9.47 Å². The van der Waals surface area contributed by atoms with Crippen LogP contribution >= 0.6 is 12.6 Å². The zero-order chi connectivity index (χ0) is 19.3. The molecule has 2 rings (SSSR count). The summed E-state index contributed by atoms with van der Waals surface area (Å²) in [5.41, 5.74) is 0.861. The fourth-order valence-electron chi connectivity index (χ4n) is 2.35. The van der Waals surface area contributed by atoms with E-state index >= 15 is 0 Å². The second-order valence-corrected chi connectivity index (χ2v) is 5.98. The Labute approximate surface area is 155 Å². The van der Waals surface area contributed by atoms with Crippen molar-refractivity contribution in [1.82, 2.24) is 0 Å². The lowest BCUT2D eigenvalue weighted by Gasteiger charge is -2.17. The van der Waals surface area contributed by atoms with E-state index in [1.165, 1.54) is 6.07 Å². The van der Waals surface area contributed by atoms with Gasteiger partial charge in [0.05, 0.1) is 5.56 Å². The van der Waals surface area contributed by atoms with Crippen molar-refractivity contribution >= 4 is 18.6 Å². The third-order valence-electron chi connectivity index (χ3n) is 3.73. The molecule has 0 aliphatic rings. The molecule has 0 heterocycles. The van der Waals surface area contributed by atoms with E-state index in [9.17, 15) is 18.0 Å². The molecule has 0 radical (unpaired) electrons. The molecular weight excluding hydrogens is 365 g/mol. The van der Waals surface area contributed by atoms with Gasteiger partial charge >= 0.3 is 12.1 Å². The molecule has 26 heavy (non-hydrogen) atoms. The van der Waals surface area contributed by atoms with Crippen molar-refractivity contribution in [3.05, 3.63) is 58.7 Å². The van der Waals surface area contributed by atoms with Crippen molar-refractivity contribution in [2.45, 2.75) is 38.8 Å². The number of esters is 1. The zero-order valence-electron chi connectivity index (χ0n) is 14.4. The van der Waals surface area contributed by atoms with Gasteiger partial charge in [0.1, 0.15) is 18.1 Å². The standard InChI is InChI=1S/C19H19F3O3S/c1-3-18(23)25-16-6-4-5-13(11-26)14(16)10-24-17-8-7-12(2)9-15(17)19(20,21)22/h4-9,26H,3,10-11H2,1-2H3. The van der Waals surface area contributed by atoms with E-state index < -0.39 is 17.7 Å². The number of alkyl halides is 3. The summed E-state index contributed by atoms with van der Waals surface area (Å²) in [5.74, 6) is -0.112. The number of carbonyl (C=O) groups is 1. The van der Waals surface area contributed by atoms with E-state index in [0.717, 1.165) is 11.6 Å². The lowest BCUT2D eigenvalue weighted by atomic mass is 10.1. The second kappa shape index (κ2) is 8.49. The Morgan fingerprint density at radius 2 is 1.88 bits per heavy atom. The highest BCUT2D eigenvalue weighted by Crippen LogP contribution is 2.37. The second-order valence-electron chi connectivity index (χ2n) is 5.67. The Hall–Kier alpha value is -2.15. The molecule has 140 valence electrons. The molecule has 0 saturated carbocycles. The predicted molar refractivity (Wildman–Crippen MR) is 95.6 cm³/mol. The van der Waals surface area contributed by atoms with Crippen molar-refractivity contribution in [1.29, 1.82) is 0 Å². The molecule has 0 saturated heterocycles. The van der Waals surface area contributed by atoms with Gasteiger partial charge < -0.3 is 9.47 Å². The molecule has 0 aliphatic heterocycles. The van der Waals surface area contributed by atoms with Gasteiger partial charge in [-0.25, -0.2) is 0 Å². The predicted octanol–water partition coefficient (Wildman–Crippen LogP) is 5.34. The molecule has 3 nitrogen and oxygen atoms in total. The Bertz CT molecular complexity index is 788. The van der Waals surface area contributed by atoms with Gasteiger partial charge in [0.25, 0.3) is 0 Å². The summed E-state index contributed by atoms with van der Waals surface area (Å²) in [4.78, 5) is 11.6. The van der Waals surface area contributed by atoms with Gasteiger partial charge in [-0.1, -0.05) is 30.7 Å². The monoisotopic (exact) mass is 384 g/mol. The van der Waals surface area contributed by atoms with Gasteiger partial charge in [-0.05, 0) is 30.7 Å². The minimum absolute atomic E-state index is 0.171. The van der Waals surface area contributed by atoms with Crippen LogP contribution in [0.2, 0.25) is 0 Å². The van der Waals surface area contributed by atoms with Crippen LogP contribution in [0.25, 0.3) is 0 Å². The molecular formula is C19H19F3O3S. The molecule has 0 fully saturated rings. The molecule has 2 aromatic carbocycles. The zero-order valence-corrected chi connectivity index (χ0v) is 15.3. The van der Waals surface area contributed by atoms with Crippen LogP contribution in [0.15, 0.2) is 36.4 Å². The molecule has 0 N–H and O–H groups in total. The molecule has 0 aromatic heterocycles. The molecule has 0 aliphatic carbocycles.